The van der Waals surface area contributed by atoms with Crippen molar-refractivity contribution in [3.63, 3.8) is 0 Å². The molecule has 0 spiro atoms. The summed E-state index contributed by atoms with van der Waals surface area (Å²) in [6.07, 6.45) is 4.95. The molecule has 68 valence electrons. The van der Waals surface area contributed by atoms with Crippen LogP contribution in [0.25, 0.3) is 0 Å². The fraction of sp³-hybridized carbons (Fsp3) is 0.600. The van der Waals surface area contributed by atoms with Crippen molar-refractivity contribution in [2.45, 2.75) is 38.0 Å². The van der Waals surface area contributed by atoms with Gasteiger partial charge in [0.1, 0.15) is 0 Å². The van der Waals surface area contributed by atoms with E-state index < -0.39 is 0 Å². The second-order valence-corrected chi connectivity index (χ2v) is 4.48. The van der Waals surface area contributed by atoms with Crippen LogP contribution in [-0.4, -0.2) is 0 Å². The van der Waals surface area contributed by atoms with Gasteiger partial charge in [-0.3, -0.25) is 0 Å². The van der Waals surface area contributed by atoms with Gasteiger partial charge in [-0.1, -0.05) is 32.3 Å². The van der Waals surface area contributed by atoms with Crippen molar-refractivity contribution in [3.05, 3.63) is 22.4 Å². The number of unbranched alkanes of at least 4 members (excludes halogenated alkanes) is 2. The van der Waals surface area contributed by atoms with Gasteiger partial charge in [0, 0.05) is 4.88 Å². The van der Waals surface area contributed by atoms with Crippen molar-refractivity contribution < 1.29 is 0 Å². The van der Waals surface area contributed by atoms with E-state index in [1.54, 1.807) is 11.3 Å². The van der Waals surface area contributed by atoms with E-state index in [-0.39, 0.29) is 5.38 Å². The third kappa shape index (κ3) is 3.16. The maximum absolute atomic E-state index is 6.19. The van der Waals surface area contributed by atoms with Gasteiger partial charge in [-0.15, -0.1) is 22.9 Å². The minimum absolute atomic E-state index is 0.247. The Kier molecular flexibility index (Phi) is 4.70. The fourth-order valence-electron chi connectivity index (χ4n) is 1.19. The standard InChI is InChI=1S/C10H15ClS/c1-2-3-4-6-9(11)10-7-5-8-12-10/h5,7-9H,2-4,6H2,1H3. The zero-order chi connectivity index (χ0) is 8.81. The molecule has 0 saturated carbocycles. The van der Waals surface area contributed by atoms with Crippen LogP contribution in [0.5, 0.6) is 0 Å². The fourth-order valence-corrected chi connectivity index (χ4v) is 2.30. The van der Waals surface area contributed by atoms with Gasteiger partial charge in [-0.2, -0.15) is 0 Å². The summed E-state index contributed by atoms with van der Waals surface area (Å²) in [5.74, 6) is 0. The number of hydrogen-bond acceptors (Lipinski definition) is 1. The third-order valence-corrected chi connectivity index (χ3v) is 3.48. The zero-order valence-corrected chi connectivity index (χ0v) is 9.00. The number of halogens is 1. The molecule has 0 saturated heterocycles. The molecule has 12 heavy (non-hydrogen) atoms. The van der Waals surface area contributed by atoms with Gasteiger partial charge in [0.15, 0.2) is 0 Å². The lowest BCUT2D eigenvalue weighted by Crippen LogP contribution is -1.86. The van der Waals surface area contributed by atoms with Crippen molar-refractivity contribution in [3.8, 4) is 0 Å². The highest BCUT2D eigenvalue weighted by Gasteiger charge is 2.07. The molecule has 2 heteroatoms. The van der Waals surface area contributed by atoms with Gasteiger partial charge in [0.25, 0.3) is 0 Å². The molecule has 1 unspecified atom stereocenters. The molecule has 0 aliphatic carbocycles. The molecule has 0 amide bonds. The molecule has 0 nitrogen and oxygen atoms in total. The van der Waals surface area contributed by atoms with Crippen molar-refractivity contribution in [2.75, 3.05) is 0 Å². The van der Waals surface area contributed by atoms with E-state index in [9.17, 15) is 0 Å². The van der Waals surface area contributed by atoms with Crippen molar-refractivity contribution in [1.29, 1.82) is 0 Å². The lowest BCUT2D eigenvalue weighted by molar-refractivity contribution is 0.659. The molecule has 1 aromatic rings. The Balaban J connectivity index is 2.25. The van der Waals surface area contributed by atoms with Gasteiger partial charge in [-0.25, -0.2) is 0 Å². The Morgan fingerprint density at radius 2 is 2.33 bits per heavy atom. The van der Waals surface area contributed by atoms with Crippen molar-refractivity contribution in [2.24, 2.45) is 0 Å². The number of hydrogen-bond donors (Lipinski definition) is 0. The minimum Gasteiger partial charge on any atom is -0.147 e. The summed E-state index contributed by atoms with van der Waals surface area (Å²) in [4.78, 5) is 1.31. The summed E-state index contributed by atoms with van der Waals surface area (Å²) in [6, 6.07) is 4.18. The summed E-state index contributed by atoms with van der Waals surface area (Å²) in [5.41, 5.74) is 0. The summed E-state index contributed by atoms with van der Waals surface area (Å²) >= 11 is 7.95. The lowest BCUT2D eigenvalue weighted by atomic mass is 10.1. The molecule has 0 N–H and O–H groups in total. The molecular formula is C10H15ClS. The van der Waals surface area contributed by atoms with Crippen LogP contribution < -0.4 is 0 Å². The van der Waals surface area contributed by atoms with Crippen LogP contribution in [0.4, 0.5) is 0 Å². The van der Waals surface area contributed by atoms with Crippen LogP contribution in [0.15, 0.2) is 17.5 Å². The highest BCUT2D eigenvalue weighted by atomic mass is 35.5. The topological polar surface area (TPSA) is 0 Å². The van der Waals surface area contributed by atoms with Gasteiger partial charge in [-0.05, 0) is 17.9 Å². The first-order valence-corrected chi connectivity index (χ1v) is 5.83. The summed E-state index contributed by atoms with van der Waals surface area (Å²) in [5, 5.41) is 2.33. The van der Waals surface area contributed by atoms with E-state index >= 15 is 0 Å². The van der Waals surface area contributed by atoms with Crippen LogP contribution in [0.2, 0.25) is 0 Å². The second-order valence-electron chi connectivity index (χ2n) is 2.98. The highest BCUT2D eigenvalue weighted by Crippen LogP contribution is 2.29. The lowest BCUT2D eigenvalue weighted by Gasteiger charge is -2.05. The zero-order valence-electron chi connectivity index (χ0n) is 7.42. The Labute approximate surface area is 83.6 Å². The molecular weight excluding hydrogens is 188 g/mol. The summed E-state index contributed by atoms with van der Waals surface area (Å²) < 4.78 is 0. The van der Waals surface area contributed by atoms with Gasteiger partial charge >= 0.3 is 0 Å². The highest BCUT2D eigenvalue weighted by molar-refractivity contribution is 7.10. The average molecular weight is 203 g/mol. The quantitative estimate of drug-likeness (QED) is 0.483. The molecule has 1 atom stereocenters. The smallest absolute Gasteiger partial charge is 0.0678 e. The van der Waals surface area contributed by atoms with E-state index in [1.165, 1.54) is 24.1 Å². The first-order chi connectivity index (χ1) is 5.84. The van der Waals surface area contributed by atoms with Crippen LogP contribution in [0.1, 0.15) is 42.9 Å². The monoisotopic (exact) mass is 202 g/mol. The van der Waals surface area contributed by atoms with Gasteiger partial charge in [0.2, 0.25) is 0 Å². The Morgan fingerprint density at radius 3 is 2.92 bits per heavy atom. The van der Waals surface area contributed by atoms with Crippen molar-refractivity contribution in [1.82, 2.24) is 0 Å². The molecule has 1 heterocycles. The summed E-state index contributed by atoms with van der Waals surface area (Å²) in [7, 11) is 0. The molecule has 0 aliphatic rings. The second kappa shape index (κ2) is 5.60. The van der Waals surface area contributed by atoms with Crippen LogP contribution >= 0.6 is 22.9 Å². The average Bonchev–Trinajstić information content (AvgIpc) is 2.56. The molecule has 0 aromatic carbocycles. The first kappa shape index (κ1) is 10.1. The SMILES string of the molecule is CCCCCC(Cl)c1cccs1. The Morgan fingerprint density at radius 1 is 1.50 bits per heavy atom. The van der Waals surface area contributed by atoms with E-state index in [0.717, 1.165) is 6.42 Å². The molecule has 0 bridgehead atoms. The largest absolute Gasteiger partial charge is 0.147 e. The number of rotatable bonds is 5. The molecule has 0 aliphatic heterocycles. The Hall–Kier alpha value is -0.0100. The molecule has 1 rings (SSSR count). The van der Waals surface area contributed by atoms with E-state index in [0.29, 0.717) is 0 Å². The van der Waals surface area contributed by atoms with Gasteiger partial charge in [0.05, 0.1) is 5.38 Å². The maximum atomic E-state index is 6.19. The predicted octanol–water partition coefficient (Wildman–Crippen LogP) is 4.61. The molecule has 0 radical (unpaired) electrons. The predicted molar refractivity (Wildman–Crippen MR) is 57.1 cm³/mol. The van der Waals surface area contributed by atoms with E-state index in [4.69, 9.17) is 11.6 Å². The van der Waals surface area contributed by atoms with E-state index in [1.807, 2.05) is 0 Å². The van der Waals surface area contributed by atoms with Crippen LogP contribution in [-0.2, 0) is 0 Å². The van der Waals surface area contributed by atoms with Gasteiger partial charge < -0.3 is 0 Å². The van der Waals surface area contributed by atoms with Crippen molar-refractivity contribution >= 4 is 22.9 Å². The van der Waals surface area contributed by atoms with E-state index in [2.05, 4.69) is 24.4 Å². The Bertz CT molecular complexity index is 194. The minimum atomic E-state index is 0.247. The molecule has 0 fully saturated rings. The summed E-state index contributed by atoms with van der Waals surface area (Å²) in [6.45, 7) is 2.22. The third-order valence-electron chi connectivity index (χ3n) is 1.91. The molecule has 1 aromatic heterocycles. The normalized spacial score (nSPS) is 13.2. The van der Waals surface area contributed by atoms with Crippen LogP contribution in [0, 0.1) is 0 Å². The van der Waals surface area contributed by atoms with Crippen LogP contribution in [0.3, 0.4) is 0 Å². The number of alkyl halides is 1. The maximum Gasteiger partial charge on any atom is 0.0678 e. The number of thiophene rings is 1. The first-order valence-electron chi connectivity index (χ1n) is 4.52.